The van der Waals surface area contributed by atoms with E-state index in [1.807, 2.05) is 6.92 Å². The van der Waals surface area contributed by atoms with Gasteiger partial charge in [-0.15, -0.1) is 0 Å². The van der Waals surface area contributed by atoms with Gasteiger partial charge in [-0.2, -0.15) is 0 Å². The van der Waals surface area contributed by atoms with Crippen molar-refractivity contribution in [3.8, 4) is 0 Å². The number of rotatable bonds is 3. The molecule has 0 bridgehead atoms. The first-order valence-corrected chi connectivity index (χ1v) is 6.85. The van der Waals surface area contributed by atoms with Gasteiger partial charge in [0, 0.05) is 31.1 Å². The van der Waals surface area contributed by atoms with E-state index in [1.165, 1.54) is 6.42 Å². The van der Waals surface area contributed by atoms with Crippen LogP contribution in [0.3, 0.4) is 0 Å². The monoisotopic (exact) mass is 268 g/mol. The molecule has 1 fully saturated rings. The predicted molar refractivity (Wildman–Crippen MR) is 75.5 cm³/mol. The van der Waals surface area contributed by atoms with Gasteiger partial charge in [-0.1, -0.05) is 18.5 Å². The molecule has 2 heterocycles. The number of hydrogen-bond donors (Lipinski definition) is 0. The molecule has 5 heteroatoms. The Balaban J connectivity index is 2.26. The van der Waals surface area contributed by atoms with Gasteiger partial charge in [0.1, 0.15) is 16.8 Å². The van der Waals surface area contributed by atoms with Crippen molar-refractivity contribution < 1.29 is 0 Å². The Morgan fingerprint density at radius 1 is 1.39 bits per heavy atom. The molecule has 0 aromatic carbocycles. The molecule has 2 rings (SSSR count). The van der Waals surface area contributed by atoms with Crippen LogP contribution in [0.4, 0.5) is 5.82 Å². The van der Waals surface area contributed by atoms with Crippen LogP contribution in [0.2, 0.25) is 5.15 Å². The Morgan fingerprint density at radius 3 is 2.67 bits per heavy atom. The average Bonchev–Trinajstić information content (AvgIpc) is 2.82. The van der Waals surface area contributed by atoms with Crippen molar-refractivity contribution in [3.63, 3.8) is 0 Å². The van der Waals surface area contributed by atoms with E-state index in [4.69, 9.17) is 11.6 Å². The zero-order chi connectivity index (χ0) is 13.3. The van der Waals surface area contributed by atoms with Gasteiger partial charge in [0.25, 0.3) is 0 Å². The highest BCUT2D eigenvalue weighted by atomic mass is 35.5. The second kappa shape index (κ2) is 5.41. The summed E-state index contributed by atoms with van der Waals surface area (Å²) in [5, 5.41) is 0.588. The van der Waals surface area contributed by atoms with Gasteiger partial charge >= 0.3 is 0 Å². The molecule has 1 atom stereocenters. The molecule has 4 nitrogen and oxygen atoms in total. The standard InChI is InChI=1S/C13H21ClN4/c1-5-11-15-12(14)9(2)13(16-11)18-7-6-10(8-18)17(3)4/h10H,5-8H2,1-4H3. The van der Waals surface area contributed by atoms with E-state index in [0.717, 1.165) is 36.7 Å². The molecule has 1 aliphatic heterocycles. The Labute approximate surface area is 114 Å². The Hall–Kier alpha value is -0.870. The summed E-state index contributed by atoms with van der Waals surface area (Å²) in [6, 6.07) is 0.600. The van der Waals surface area contributed by atoms with Gasteiger partial charge in [0.2, 0.25) is 0 Å². The number of halogens is 1. The van der Waals surface area contributed by atoms with Gasteiger partial charge in [-0.25, -0.2) is 9.97 Å². The third-order valence-corrected chi connectivity index (χ3v) is 3.98. The summed E-state index contributed by atoms with van der Waals surface area (Å²) in [7, 11) is 4.26. The highest BCUT2D eigenvalue weighted by Gasteiger charge is 2.26. The third kappa shape index (κ3) is 2.59. The summed E-state index contributed by atoms with van der Waals surface area (Å²) < 4.78 is 0. The third-order valence-electron chi connectivity index (χ3n) is 3.62. The lowest BCUT2D eigenvalue weighted by Gasteiger charge is -2.22. The first-order valence-electron chi connectivity index (χ1n) is 6.47. The Kier molecular flexibility index (Phi) is 4.07. The van der Waals surface area contributed by atoms with Gasteiger partial charge in [-0.3, -0.25) is 0 Å². The second-order valence-electron chi connectivity index (χ2n) is 5.08. The van der Waals surface area contributed by atoms with E-state index in [0.29, 0.717) is 11.2 Å². The Bertz CT molecular complexity index is 433. The minimum absolute atomic E-state index is 0.588. The van der Waals surface area contributed by atoms with E-state index in [1.54, 1.807) is 0 Å². The van der Waals surface area contributed by atoms with E-state index in [2.05, 4.69) is 40.8 Å². The summed E-state index contributed by atoms with van der Waals surface area (Å²) in [6.07, 6.45) is 1.99. The molecule has 0 amide bonds. The van der Waals surface area contributed by atoms with Crippen LogP contribution >= 0.6 is 11.6 Å². The molecule has 1 unspecified atom stereocenters. The maximum atomic E-state index is 6.19. The van der Waals surface area contributed by atoms with E-state index < -0.39 is 0 Å². The molecule has 1 saturated heterocycles. The minimum Gasteiger partial charge on any atom is -0.355 e. The highest BCUT2D eigenvalue weighted by Crippen LogP contribution is 2.27. The van der Waals surface area contributed by atoms with Crippen molar-refractivity contribution in [2.75, 3.05) is 32.1 Å². The molecule has 0 N–H and O–H groups in total. The lowest BCUT2D eigenvalue weighted by Crippen LogP contribution is -2.32. The average molecular weight is 269 g/mol. The number of aromatic nitrogens is 2. The number of anilines is 1. The van der Waals surface area contributed by atoms with Crippen molar-refractivity contribution >= 4 is 17.4 Å². The summed E-state index contributed by atoms with van der Waals surface area (Å²) in [6.45, 7) is 6.11. The molecule has 0 saturated carbocycles. The van der Waals surface area contributed by atoms with Gasteiger partial charge in [0.05, 0.1) is 0 Å². The number of hydrogen-bond acceptors (Lipinski definition) is 4. The fourth-order valence-electron chi connectivity index (χ4n) is 2.34. The lowest BCUT2D eigenvalue weighted by molar-refractivity contribution is 0.315. The second-order valence-corrected chi connectivity index (χ2v) is 5.44. The van der Waals surface area contributed by atoms with Crippen LogP contribution in [0.5, 0.6) is 0 Å². The number of nitrogens with zero attached hydrogens (tertiary/aromatic N) is 4. The van der Waals surface area contributed by atoms with Gasteiger partial charge in [0.15, 0.2) is 0 Å². The molecule has 0 radical (unpaired) electrons. The molecule has 0 spiro atoms. The fraction of sp³-hybridized carbons (Fsp3) is 0.692. The van der Waals surface area contributed by atoms with Crippen molar-refractivity contribution in [3.05, 3.63) is 16.5 Å². The molecule has 1 aromatic rings. The van der Waals surface area contributed by atoms with Crippen LogP contribution in [-0.2, 0) is 6.42 Å². The highest BCUT2D eigenvalue weighted by molar-refractivity contribution is 6.30. The van der Waals surface area contributed by atoms with Crippen molar-refractivity contribution in [1.29, 1.82) is 0 Å². The molecule has 1 aromatic heterocycles. The number of likely N-dealkylation sites (N-methyl/N-ethyl adjacent to an activating group) is 1. The van der Waals surface area contributed by atoms with Crippen LogP contribution in [-0.4, -0.2) is 48.1 Å². The van der Waals surface area contributed by atoms with Crippen molar-refractivity contribution in [2.24, 2.45) is 0 Å². The molecular weight excluding hydrogens is 248 g/mol. The summed E-state index contributed by atoms with van der Waals surface area (Å²) in [4.78, 5) is 13.5. The summed E-state index contributed by atoms with van der Waals surface area (Å²) >= 11 is 6.19. The zero-order valence-electron chi connectivity index (χ0n) is 11.6. The molecule has 1 aliphatic rings. The minimum atomic E-state index is 0.588. The van der Waals surface area contributed by atoms with Crippen molar-refractivity contribution in [1.82, 2.24) is 14.9 Å². The maximum absolute atomic E-state index is 6.19. The SMILES string of the molecule is CCc1nc(Cl)c(C)c(N2CCC(N(C)C)C2)n1. The van der Waals surface area contributed by atoms with Gasteiger partial charge in [-0.05, 0) is 27.4 Å². The fourth-order valence-corrected chi connectivity index (χ4v) is 2.52. The normalized spacial score (nSPS) is 19.9. The quantitative estimate of drug-likeness (QED) is 0.787. The molecule has 100 valence electrons. The first-order chi connectivity index (χ1) is 8.52. The van der Waals surface area contributed by atoms with Crippen LogP contribution in [0.15, 0.2) is 0 Å². The smallest absolute Gasteiger partial charge is 0.137 e. The van der Waals surface area contributed by atoms with E-state index in [9.17, 15) is 0 Å². The lowest BCUT2D eigenvalue weighted by atomic mass is 10.2. The number of aryl methyl sites for hydroxylation is 1. The van der Waals surface area contributed by atoms with Gasteiger partial charge < -0.3 is 9.80 Å². The van der Waals surface area contributed by atoms with Crippen LogP contribution in [0, 0.1) is 6.92 Å². The topological polar surface area (TPSA) is 32.3 Å². The Morgan fingerprint density at radius 2 is 2.11 bits per heavy atom. The zero-order valence-corrected chi connectivity index (χ0v) is 12.3. The first kappa shape index (κ1) is 13.6. The van der Waals surface area contributed by atoms with Crippen LogP contribution in [0.1, 0.15) is 24.7 Å². The predicted octanol–water partition coefficient (Wildman–Crippen LogP) is 2.14. The van der Waals surface area contributed by atoms with Crippen LogP contribution < -0.4 is 4.90 Å². The largest absolute Gasteiger partial charge is 0.355 e. The van der Waals surface area contributed by atoms with E-state index >= 15 is 0 Å². The summed E-state index contributed by atoms with van der Waals surface area (Å²) in [5.41, 5.74) is 0.994. The van der Waals surface area contributed by atoms with E-state index in [-0.39, 0.29) is 0 Å². The van der Waals surface area contributed by atoms with Crippen LogP contribution in [0.25, 0.3) is 0 Å². The maximum Gasteiger partial charge on any atom is 0.137 e. The van der Waals surface area contributed by atoms with Crippen molar-refractivity contribution in [2.45, 2.75) is 32.7 Å². The summed E-state index contributed by atoms with van der Waals surface area (Å²) in [5.74, 6) is 1.84. The molecule has 0 aliphatic carbocycles. The molecule has 18 heavy (non-hydrogen) atoms. The molecular formula is C13H21ClN4.